The fraction of sp³-hybridized carbons (Fsp3) is 0.286. The molecule has 1 aromatic heterocycles. The molecule has 7 heteroatoms. The Hall–Kier alpha value is -1.60. The summed E-state index contributed by atoms with van der Waals surface area (Å²) in [6.45, 7) is 2.37. The van der Waals surface area contributed by atoms with E-state index in [9.17, 15) is 9.18 Å². The Morgan fingerprint density at radius 3 is 2.81 bits per heavy atom. The van der Waals surface area contributed by atoms with E-state index in [0.717, 1.165) is 20.7 Å². The molecule has 0 saturated carbocycles. The predicted molar refractivity (Wildman–Crippen MR) is 82.4 cm³/mol. The van der Waals surface area contributed by atoms with Gasteiger partial charge in [0.2, 0.25) is 5.91 Å². The molecule has 2 aromatic rings. The van der Waals surface area contributed by atoms with Gasteiger partial charge in [-0.1, -0.05) is 11.8 Å². The molecule has 0 fully saturated rings. The lowest BCUT2D eigenvalue weighted by Gasteiger charge is -2.04. The molecule has 1 heterocycles. The first-order valence-corrected chi connectivity index (χ1v) is 8.10. The molecule has 0 saturated heterocycles. The largest absolute Gasteiger partial charge is 0.493 e. The lowest BCUT2D eigenvalue weighted by atomic mass is 10.3. The van der Waals surface area contributed by atoms with Crippen molar-refractivity contribution in [2.45, 2.75) is 17.7 Å². The van der Waals surface area contributed by atoms with E-state index in [-0.39, 0.29) is 18.1 Å². The third kappa shape index (κ3) is 5.02. The first-order valence-electron chi connectivity index (χ1n) is 6.30. The van der Waals surface area contributed by atoms with Crippen LogP contribution in [0.3, 0.4) is 0 Å². The maximum atomic E-state index is 12.7. The molecule has 4 nitrogen and oxygen atoms in total. The number of thioether (sulfide) groups is 1. The second-order valence-corrected chi connectivity index (χ2v) is 6.71. The van der Waals surface area contributed by atoms with Crippen LogP contribution in [0.15, 0.2) is 28.6 Å². The SMILES string of the molecule is Cc1nc(SCCOc2ccc(F)cc2)sc1CC(N)=O. The molecule has 2 N–H and O–H groups in total. The maximum Gasteiger partial charge on any atom is 0.222 e. The van der Waals surface area contributed by atoms with E-state index in [2.05, 4.69) is 4.98 Å². The number of thiazole rings is 1. The topological polar surface area (TPSA) is 65.2 Å². The number of nitrogens with two attached hydrogens (primary N) is 1. The summed E-state index contributed by atoms with van der Waals surface area (Å²) in [5.74, 6) is 0.733. The molecular formula is C14H15FN2O2S2. The molecule has 0 bridgehead atoms. The first kappa shape index (κ1) is 15.8. The van der Waals surface area contributed by atoms with Crippen molar-refractivity contribution in [2.24, 2.45) is 5.73 Å². The Morgan fingerprint density at radius 1 is 1.43 bits per heavy atom. The lowest BCUT2D eigenvalue weighted by Crippen LogP contribution is -2.13. The molecular weight excluding hydrogens is 311 g/mol. The molecule has 0 atom stereocenters. The number of aromatic nitrogens is 1. The zero-order valence-electron chi connectivity index (χ0n) is 11.5. The zero-order chi connectivity index (χ0) is 15.2. The van der Waals surface area contributed by atoms with Crippen LogP contribution < -0.4 is 10.5 Å². The fourth-order valence-corrected chi connectivity index (χ4v) is 3.74. The highest BCUT2D eigenvalue weighted by Crippen LogP contribution is 2.27. The number of nitrogens with zero attached hydrogens (tertiary/aromatic N) is 1. The second-order valence-electron chi connectivity index (χ2n) is 4.28. The number of halogens is 1. The van der Waals surface area contributed by atoms with Crippen LogP contribution in [0.1, 0.15) is 10.6 Å². The molecule has 0 aliphatic heterocycles. The van der Waals surface area contributed by atoms with Crippen molar-refractivity contribution in [3.05, 3.63) is 40.7 Å². The third-order valence-electron chi connectivity index (χ3n) is 2.60. The quantitative estimate of drug-likeness (QED) is 0.628. The Bertz CT molecular complexity index is 614. The molecule has 2 rings (SSSR count). The van der Waals surface area contributed by atoms with Gasteiger partial charge in [0.1, 0.15) is 11.6 Å². The molecule has 0 spiro atoms. The molecule has 1 aromatic carbocycles. The van der Waals surface area contributed by atoms with Crippen molar-refractivity contribution in [3.63, 3.8) is 0 Å². The summed E-state index contributed by atoms with van der Waals surface area (Å²) in [4.78, 5) is 16.2. The number of primary amides is 1. The molecule has 0 aliphatic carbocycles. The van der Waals surface area contributed by atoms with Crippen LogP contribution in [0.4, 0.5) is 4.39 Å². The minimum Gasteiger partial charge on any atom is -0.493 e. The Balaban J connectivity index is 1.78. The summed E-state index contributed by atoms with van der Waals surface area (Å²) in [5, 5.41) is 0. The molecule has 21 heavy (non-hydrogen) atoms. The number of amides is 1. The third-order valence-corrected chi connectivity index (χ3v) is 4.86. The average Bonchev–Trinajstić information content (AvgIpc) is 2.76. The van der Waals surface area contributed by atoms with E-state index in [0.29, 0.717) is 12.4 Å². The number of benzene rings is 1. The Kier molecular flexibility index (Phi) is 5.58. The van der Waals surface area contributed by atoms with Crippen molar-refractivity contribution in [3.8, 4) is 5.75 Å². The monoisotopic (exact) mass is 326 g/mol. The summed E-state index contributed by atoms with van der Waals surface area (Å²) >= 11 is 3.04. The van der Waals surface area contributed by atoms with E-state index < -0.39 is 0 Å². The zero-order valence-corrected chi connectivity index (χ0v) is 13.1. The maximum absolute atomic E-state index is 12.7. The number of rotatable bonds is 7. The van der Waals surface area contributed by atoms with Gasteiger partial charge in [-0.3, -0.25) is 4.79 Å². The van der Waals surface area contributed by atoms with Gasteiger partial charge >= 0.3 is 0 Å². The molecule has 0 aliphatic rings. The van der Waals surface area contributed by atoms with Gasteiger partial charge in [-0.25, -0.2) is 9.37 Å². The summed E-state index contributed by atoms with van der Waals surface area (Å²) < 4.78 is 19.1. The Morgan fingerprint density at radius 2 is 2.14 bits per heavy atom. The van der Waals surface area contributed by atoms with Gasteiger partial charge in [0, 0.05) is 10.6 Å². The van der Waals surface area contributed by atoms with Crippen molar-refractivity contribution in [1.29, 1.82) is 0 Å². The van der Waals surface area contributed by atoms with Crippen LogP contribution in [-0.4, -0.2) is 23.3 Å². The number of hydrogen-bond donors (Lipinski definition) is 1. The van der Waals surface area contributed by atoms with Crippen molar-refractivity contribution in [2.75, 3.05) is 12.4 Å². The average molecular weight is 326 g/mol. The highest BCUT2D eigenvalue weighted by atomic mass is 32.2. The van der Waals surface area contributed by atoms with E-state index in [1.807, 2.05) is 6.92 Å². The number of aryl methyl sites for hydroxylation is 1. The lowest BCUT2D eigenvalue weighted by molar-refractivity contribution is -0.117. The minimum atomic E-state index is -0.349. The van der Waals surface area contributed by atoms with Crippen LogP contribution in [0.5, 0.6) is 5.75 Å². The normalized spacial score (nSPS) is 10.6. The number of hydrogen-bond acceptors (Lipinski definition) is 5. The van der Waals surface area contributed by atoms with Crippen LogP contribution >= 0.6 is 23.1 Å². The van der Waals surface area contributed by atoms with Crippen molar-refractivity contribution >= 4 is 29.0 Å². The van der Waals surface area contributed by atoms with Crippen molar-refractivity contribution in [1.82, 2.24) is 4.98 Å². The summed E-state index contributed by atoms with van der Waals surface area (Å²) in [5.41, 5.74) is 6.03. The number of carbonyl (C=O) groups is 1. The Labute approximate surface area is 130 Å². The highest BCUT2D eigenvalue weighted by molar-refractivity contribution is 8.01. The van der Waals surface area contributed by atoms with Crippen LogP contribution in [0.2, 0.25) is 0 Å². The minimum absolute atomic E-state index is 0.232. The summed E-state index contributed by atoms with van der Waals surface area (Å²) in [7, 11) is 0. The fourth-order valence-electron chi connectivity index (χ4n) is 1.60. The van der Waals surface area contributed by atoms with E-state index in [4.69, 9.17) is 10.5 Å². The smallest absolute Gasteiger partial charge is 0.222 e. The van der Waals surface area contributed by atoms with Gasteiger partial charge in [-0.2, -0.15) is 0 Å². The highest BCUT2D eigenvalue weighted by Gasteiger charge is 2.10. The van der Waals surface area contributed by atoms with Gasteiger partial charge in [-0.05, 0) is 31.2 Å². The van der Waals surface area contributed by atoms with E-state index in [1.54, 1.807) is 23.9 Å². The van der Waals surface area contributed by atoms with E-state index >= 15 is 0 Å². The molecule has 0 unspecified atom stereocenters. The summed E-state index contributed by atoms with van der Waals surface area (Å²) in [6, 6.07) is 5.92. The van der Waals surface area contributed by atoms with Crippen LogP contribution in [-0.2, 0) is 11.2 Å². The summed E-state index contributed by atoms with van der Waals surface area (Å²) in [6.07, 6.45) is 0.232. The first-order chi connectivity index (χ1) is 10.0. The van der Waals surface area contributed by atoms with Gasteiger partial charge in [0.15, 0.2) is 4.34 Å². The molecule has 0 radical (unpaired) electrons. The second kappa shape index (κ2) is 7.42. The van der Waals surface area contributed by atoms with Gasteiger partial charge < -0.3 is 10.5 Å². The molecule has 1 amide bonds. The number of carbonyl (C=O) groups excluding carboxylic acids is 1. The standard InChI is InChI=1S/C14H15FN2O2S2/c1-9-12(8-13(16)18)21-14(17-9)20-7-6-19-11-4-2-10(15)3-5-11/h2-5H,6-8H2,1H3,(H2,16,18). The number of ether oxygens (including phenoxy) is 1. The van der Waals surface area contributed by atoms with Gasteiger partial charge in [0.05, 0.1) is 18.7 Å². The van der Waals surface area contributed by atoms with Gasteiger partial charge in [-0.15, -0.1) is 11.3 Å². The van der Waals surface area contributed by atoms with Gasteiger partial charge in [0.25, 0.3) is 0 Å². The van der Waals surface area contributed by atoms with E-state index in [1.165, 1.54) is 23.5 Å². The van der Waals surface area contributed by atoms with Crippen molar-refractivity contribution < 1.29 is 13.9 Å². The van der Waals surface area contributed by atoms with Crippen LogP contribution in [0.25, 0.3) is 0 Å². The van der Waals surface area contributed by atoms with Crippen LogP contribution in [0, 0.1) is 12.7 Å². The predicted octanol–water partition coefficient (Wildman–Crippen LogP) is 2.79. The molecule has 112 valence electrons.